The van der Waals surface area contributed by atoms with Crippen LogP contribution in [0, 0.1) is 0 Å². The van der Waals surface area contributed by atoms with Crippen molar-refractivity contribution in [2.45, 2.75) is 25.9 Å². The van der Waals surface area contributed by atoms with Gasteiger partial charge in [0.1, 0.15) is 7.57 Å². The standard InChI is InChI=1S/C4H12BP/c1-3-4(2)6-5/h4,6H,3,5H2,1-2H3. The predicted octanol–water partition coefficient (Wildman–Crippen LogP) is 1.01. The van der Waals surface area contributed by atoms with Gasteiger partial charge in [-0.2, -0.15) is 8.46 Å². The van der Waals surface area contributed by atoms with Gasteiger partial charge in [-0.1, -0.05) is 20.3 Å². The van der Waals surface area contributed by atoms with Crippen LogP contribution < -0.4 is 0 Å². The van der Waals surface area contributed by atoms with Gasteiger partial charge < -0.3 is 0 Å². The van der Waals surface area contributed by atoms with Gasteiger partial charge in [-0.3, -0.25) is 0 Å². The van der Waals surface area contributed by atoms with Gasteiger partial charge >= 0.3 is 0 Å². The molecule has 2 atom stereocenters. The van der Waals surface area contributed by atoms with E-state index in [4.69, 9.17) is 0 Å². The molecule has 0 nitrogen and oxygen atoms in total. The van der Waals surface area contributed by atoms with Crippen molar-refractivity contribution in [3.05, 3.63) is 0 Å². The van der Waals surface area contributed by atoms with Crippen LogP contribution in [0.4, 0.5) is 0 Å². The zero-order chi connectivity index (χ0) is 4.99. The molecule has 6 heavy (non-hydrogen) atoms. The summed E-state index contributed by atoms with van der Waals surface area (Å²) in [4.78, 5) is 0. The fourth-order valence-electron chi connectivity index (χ4n) is 0.204. The van der Waals surface area contributed by atoms with Gasteiger partial charge in [0, 0.05) is 0 Å². The summed E-state index contributed by atoms with van der Waals surface area (Å²) in [5.74, 6) is 0. The molecule has 0 heterocycles. The molecular weight excluding hydrogens is 89.8 g/mol. The Hall–Kier alpha value is 0.495. The first-order valence-electron chi connectivity index (χ1n) is 2.48. The van der Waals surface area contributed by atoms with Crippen molar-refractivity contribution in [1.29, 1.82) is 0 Å². The van der Waals surface area contributed by atoms with E-state index in [0.717, 1.165) is 14.1 Å². The molecule has 0 aromatic heterocycles. The van der Waals surface area contributed by atoms with E-state index in [2.05, 4.69) is 21.4 Å². The lowest BCUT2D eigenvalue weighted by Gasteiger charge is -1.99. The Labute approximate surface area is 42.9 Å². The monoisotopic (exact) mass is 102 g/mol. The highest BCUT2D eigenvalue weighted by atomic mass is 31.1. The third-order valence-corrected chi connectivity index (χ3v) is 2.50. The van der Waals surface area contributed by atoms with E-state index in [0.29, 0.717) is 0 Å². The second kappa shape index (κ2) is 3.68. The molecule has 2 unspecified atom stereocenters. The number of hydrogen-bond acceptors (Lipinski definition) is 0. The van der Waals surface area contributed by atoms with Gasteiger partial charge in [0.05, 0.1) is 0 Å². The summed E-state index contributed by atoms with van der Waals surface area (Å²) >= 11 is 0. The van der Waals surface area contributed by atoms with Gasteiger partial charge in [0.15, 0.2) is 0 Å². The first kappa shape index (κ1) is 6.49. The van der Waals surface area contributed by atoms with Crippen LogP contribution in [0.1, 0.15) is 20.3 Å². The molecule has 0 saturated carbocycles. The van der Waals surface area contributed by atoms with Gasteiger partial charge in [0.25, 0.3) is 0 Å². The van der Waals surface area contributed by atoms with Crippen molar-refractivity contribution in [2.24, 2.45) is 0 Å². The molecule has 0 aromatic carbocycles. The van der Waals surface area contributed by atoms with E-state index in [1.54, 1.807) is 0 Å². The Morgan fingerprint density at radius 2 is 2.33 bits per heavy atom. The zero-order valence-corrected chi connectivity index (χ0v) is 5.78. The highest BCUT2D eigenvalue weighted by molar-refractivity contribution is 7.66. The Bertz CT molecular complexity index is 26.7. The molecule has 0 spiro atoms. The van der Waals surface area contributed by atoms with E-state index in [1.165, 1.54) is 6.42 Å². The molecule has 0 rings (SSSR count). The van der Waals surface area contributed by atoms with Crippen molar-refractivity contribution < 1.29 is 0 Å². The molecule has 0 bridgehead atoms. The lowest BCUT2D eigenvalue weighted by atomic mass is 10.4. The SMILES string of the molecule is BPC(C)CC. The van der Waals surface area contributed by atoms with Crippen LogP contribution in [0.15, 0.2) is 0 Å². The van der Waals surface area contributed by atoms with Crippen LogP contribution in [-0.4, -0.2) is 13.2 Å². The molecule has 0 radical (unpaired) electrons. The summed E-state index contributed by atoms with van der Waals surface area (Å²) < 4.78 is 0. The van der Waals surface area contributed by atoms with Crippen LogP contribution in [-0.2, 0) is 0 Å². The molecule has 0 saturated heterocycles. The Morgan fingerprint density at radius 1 is 1.83 bits per heavy atom. The first-order valence-corrected chi connectivity index (χ1v) is 4.06. The Morgan fingerprint density at radius 3 is 2.33 bits per heavy atom. The highest BCUT2D eigenvalue weighted by Gasteiger charge is 1.88. The molecule has 0 N–H and O–H groups in total. The van der Waals surface area contributed by atoms with Gasteiger partial charge in [-0.25, -0.2) is 0 Å². The van der Waals surface area contributed by atoms with E-state index in [9.17, 15) is 0 Å². The molecule has 2 heteroatoms. The van der Waals surface area contributed by atoms with Crippen LogP contribution in [0.2, 0.25) is 0 Å². The maximum atomic E-state index is 2.29. The Kier molecular flexibility index (Phi) is 3.98. The lowest BCUT2D eigenvalue weighted by Crippen LogP contribution is -1.86. The minimum absolute atomic E-state index is 0.963. The van der Waals surface area contributed by atoms with E-state index >= 15 is 0 Å². The summed E-state index contributed by atoms with van der Waals surface area (Å²) in [5.41, 5.74) is 0.963. The van der Waals surface area contributed by atoms with E-state index in [-0.39, 0.29) is 0 Å². The fourth-order valence-corrected chi connectivity index (χ4v) is 0.612. The van der Waals surface area contributed by atoms with Crippen LogP contribution in [0.25, 0.3) is 0 Å². The second-order valence-corrected chi connectivity index (χ2v) is 3.16. The molecule has 0 amide bonds. The minimum Gasteiger partial charge on any atom is -0.161 e. The highest BCUT2D eigenvalue weighted by Crippen LogP contribution is 2.13. The lowest BCUT2D eigenvalue weighted by molar-refractivity contribution is 0.906. The number of rotatable bonds is 2. The van der Waals surface area contributed by atoms with E-state index in [1.807, 2.05) is 0 Å². The van der Waals surface area contributed by atoms with Gasteiger partial charge in [-0.05, 0) is 5.66 Å². The summed E-state index contributed by atoms with van der Waals surface area (Å²) in [5, 5.41) is 0. The fraction of sp³-hybridized carbons (Fsp3) is 1.00. The Balaban J connectivity index is 2.75. The van der Waals surface area contributed by atoms with Crippen LogP contribution in [0.5, 0.6) is 0 Å². The maximum absolute atomic E-state index is 2.29. The van der Waals surface area contributed by atoms with Crippen molar-refractivity contribution in [3.63, 3.8) is 0 Å². The average molecular weight is 102 g/mol. The molecular formula is C4H12BP. The molecule has 0 aromatic rings. The normalized spacial score (nSPS) is 16.3. The average Bonchev–Trinajstić information content (AvgIpc) is 1.65. The summed E-state index contributed by atoms with van der Waals surface area (Å²) in [6.45, 7) is 4.53. The van der Waals surface area contributed by atoms with Crippen molar-refractivity contribution in [3.8, 4) is 0 Å². The van der Waals surface area contributed by atoms with Crippen molar-refractivity contribution >= 4 is 16.0 Å². The molecule has 0 fully saturated rings. The maximum Gasteiger partial charge on any atom is 0.130 e. The second-order valence-electron chi connectivity index (χ2n) is 1.60. The third-order valence-electron chi connectivity index (χ3n) is 1.11. The predicted molar refractivity (Wildman–Crippen MR) is 36.6 cm³/mol. The summed E-state index contributed by atoms with van der Waals surface area (Å²) in [7, 11) is 3.39. The third kappa shape index (κ3) is 2.72. The van der Waals surface area contributed by atoms with Gasteiger partial charge in [-0.15, -0.1) is 0 Å². The molecule has 0 aliphatic heterocycles. The largest absolute Gasteiger partial charge is 0.161 e. The topological polar surface area (TPSA) is 0 Å². The smallest absolute Gasteiger partial charge is 0.130 e. The van der Waals surface area contributed by atoms with E-state index < -0.39 is 0 Å². The van der Waals surface area contributed by atoms with Crippen molar-refractivity contribution in [1.82, 2.24) is 0 Å². The summed E-state index contributed by atoms with van der Waals surface area (Å²) in [6.07, 6.45) is 1.34. The van der Waals surface area contributed by atoms with Crippen molar-refractivity contribution in [2.75, 3.05) is 0 Å². The first-order chi connectivity index (χ1) is 2.81. The van der Waals surface area contributed by atoms with Crippen LogP contribution >= 0.6 is 8.46 Å². The quantitative estimate of drug-likeness (QED) is 0.360. The van der Waals surface area contributed by atoms with Crippen LogP contribution in [0.3, 0.4) is 0 Å². The minimum atomic E-state index is 0.963. The molecule has 0 aliphatic rings. The zero-order valence-electron chi connectivity index (χ0n) is 4.78. The van der Waals surface area contributed by atoms with Gasteiger partial charge in [0.2, 0.25) is 0 Å². The summed E-state index contributed by atoms with van der Waals surface area (Å²) in [6, 6.07) is 0. The number of hydrogen-bond donors (Lipinski definition) is 0. The molecule has 0 aliphatic carbocycles. The molecule has 36 valence electrons.